The summed E-state index contributed by atoms with van der Waals surface area (Å²) < 4.78 is 87.1. The van der Waals surface area contributed by atoms with Crippen molar-refractivity contribution in [1.29, 1.82) is 0 Å². The minimum atomic E-state index is -4.63. The van der Waals surface area contributed by atoms with Crippen molar-refractivity contribution in [3.8, 4) is 17.5 Å². The van der Waals surface area contributed by atoms with E-state index in [9.17, 15) is 30.8 Å². The molecule has 10 nitrogen and oxygen atoms in total. The van der Waals surface area contributed by atoms with Crippen LogP contribution in [0.25, 0.3) is 5.65 Å². The van der Waals surface area contributed by atoms with Gasteiger partial charge in [-0.3, -0.25) is 9.20 Å². The van der Waals surface area contributed by atoms with Crippen LogP contribution in [0.1, 0.15) is 35.9 Å². The molecule has 1 saturated heterocycles. The van der Waals surface area contributed by atoms with Crippen molar-refractivity contribution in [3.05, 3.63) is 41.9 Å². The molecular weight excluding hydrogens is 510 g/mol. The molecule has 1 N–H and O–H groups in total. The number of hydrogen-bond acceptors (Lipinski definition) is 8. The number of carbonyl (C=O) groups is 1. The molecule has 0 spiro atoms. The molecule has 3 aromatic heterocycles. The highest BCUT2D eigenvalue weighted by atomic mass is 32.2. The fourth-order valence-electron chi connectivity index (χ4n) is 3.64. The second-order valence-electron chi connectivity index (χ2n) is 8.60. The monoisotopic (exact) mass is 531 g/mol. The van der Waals surface area contributed by atoms with Gasteiger partial charge in [-0.25, -0.2) is 27.8 Å². The van der Waals surface area contributed by atoms with Gasteiger partial charge in [0.2, 0.25) is 0 Å². The van der Waals surface area contributed by atoms with E-state index in [-0.39, 0.29) is 35.7 Å². The summed E-state index contributed by atoms with van der Waals surface area (Å²) in [5, 5.41) is 2.82. The van der Waals surface area contributed by atoms with Crippen LogP contribution in [0.2, 0.25) is 0 Å². The topological polar surface area (TPSA) is 125 Å². The van der Waals surface area contributed by atoms with Gasteiger partial charge < -0.3 is 14.8 Å². The van der Waals surface area contributed by atoms with Crippen molar-refractivity contribution >= 4 is 21.4 Å². The lowest BCUT2D eigenvalue weighted by atomic mass is 9.94. The van der Waals surface area contributed by atoms with Crippen molar-refractivity contribution < 1.29 is 40.2 Å². The second kappa shape index (κ2) is 9.19. The Morgan fingerprint density at radius 3 is 2.47 bits per heavy atom. The van der Waals surface area contributed by atoms with Gasteiger partial charge in [-0.05, 0) is 26.7 Å². The van der Waals surface area contributed by atoms with Crippen molar-refractivity contribution in [1.82, 2.24) is 24.7 Å². The Morgan fingerprint density at radius 2 is 1.83 bits per heavy atom. The number of nitrogens with zero attached hydrogens (tertiary/aromatic N) is 4. The molecule has 36 heavy (non-hydrogen) atoms. The number of ether oxygens (including phenoxy) is 2. The van der Waals surface area contributed by atoms with E-state index in [4.69, 9.17) is 4.74 Å². The number of alkyl halides is 3. The first-order valence-corrected chi connectivity index (χ1v) is 12.5. The Labute approximate surface area is 202 Å². The quantitative estimate of drug-likeness (QED) is 0.482. The fraction of sp³-hybridized carbons (Fsp3) is 0.429. The maximum Gasteiger partial charge on any atom is 0.422 e. The first kappa shape index (κ1) is 25.6. The van der Waals surface area contributed by atoms with Gasteiger partial charge in [0, 0.05) is 24.0 Å². The van der Waals surface area contributed by atoms with Gasteiger partial charge in [0.05, 0.1) is 23.4 Å². The summed E-state index contributed by atoms with van der Waals surface area (Å²) in [5.74, 6) is -3.06. The van der Waals surface area contributed by atoms with Crippen molar-refractivity contribution in [2.45, 2.75) is 38.4 Å². The molecule has 1 aliphatic heterocycles. The molecular formula is C21H21F4N5O5S. The molecule has 0 aliphatic carbocycles. The fourth-order valence-corrected chi connectivity index (χ4v) is 5.36. The Kier molecular flexibility index (Phi) is 6.53. The molecule has 0 radical (unpaired) electrons. The normalized spacial score (nSPS) is 17.1. The molecule has 0 bridgehead atoms. The summed E-state index contributed by atoms with van der Waals surface area (Å²) in [4.78, 5) is 24.5. The molecule has 0 aromatic carbocycles. The SMILES string of the molecule is Cc1c(C(=O)NC2(C)CCS(=O)(=O)CC2)nc2cc(F)c(Oc3nccnc3OCC(F)(F)F)cn12. The zero-order valence-corrected chi connectivity index (χ0v) is 19.9. The molecule has 0 unspecified atom stereocenters. The summed E-state index contributed by atoms with van der Waals surface area (Å²) in [7, 11) is -3.13. The van der Waals surface area contributed by atoms with Gasteiger partial charge in [-0.15, -0.1) is 0 Å². The smallest absolute Gasteiger partial charge is 0.422 e. The Balaban J connectivity index is 1.58. The minimum Gasteiger partial charge on any atom is -0.464 e. The van der Waals surface area contributed by atoms with Crippen LogP contribution in [0.15, 0.2) is 24.7 Å². The van der Waals surface area contributed by atoms with E-state index in [1.165, 1.54) is 10.6 Å². The zero-order chi connectivity index (χ0) is 26.3. The van der Waals surface area contributed by atoms with Gasteiger partial charge in [0.1, 0.15) is 21.2 Å². The number of halogens is 4. The first-order valence-electron chi connectivity index (χ1n) is 10.6. The van der Waals surface area contributed by atoms with Crippen molar-refractivity contribution in [2.24, 2.45) is 0 Å². The number of sulfone groups is 1. The van der Waals surface area contributed by atoms with Gasteiger partial charge in [-0.2, -0.15) is 13.2 Å². The predicted octanol–water partition coefficient (Wildman–Crippen LogP) is 3.00. The van der Waals surface area contributed by atoms with Gasteiger partial charge >= 0.3 is 6.18 Å². The molecule has 4 rings (SSSR count). The average molecular weight is 531 g/mol. The molecule has 194 valence electrons. The van der Waals surface area contributed by atoms with Crippen molar-refractivity contribution in [3.63, 3.8) is 0 Å². The van der Waals surface area contributed by atoms with Gasteiger partial charge in [0.15, 0.2) is 18.2 Å². The van der Waals surface area contributed by atoms with E-state index >= 15 is 0 Å². The largest absolute Gasteiger partial charge is 0.464 e. The van der Waals surface area contributed by atoms with Gasteiger partial charge in [-0.1, -0.05) is 0 Å². The van der Waals surface area contributed by atoms with Crippen LogP contribution in [-0.4, -0.2) is 63.5 Å². The first-order chi connectivity index (χ1) is 16.8. The Hall–Kier alpha value is -3.49. The van der Waals surface area contributed by atoms with Crippen LogP contribution in [-0.2, 0) is 9.84 Å². The summed E-state index contributed by atoms with van der Waals surface area (Å²) in [5.41, 5.74) is -0.350. The maximum absolute atomic E-state index is 14.8. The number of carbonyl (C=O) groups excluding carboxylic acids is 1. The number of fused-ring (bicyclic) bond motifs is 1. The third-order valence-corrected chi connectivity index (χ3v) is 7.34. The highest BCUT2D eigenvalue weighted by Crippen LogP contribution is 2.31. The highest BCUT2D eigenvalue weighted by molar-refractivity contribution is 7.91. The summed E-state index contributed by atoms with van der Waals surface area (Å²) >= 11 is 0. The van der Waals surface area contributed by atoms with Crippen LogP contribution < -0.4 is 14.8 Å². The lowest BCUT2D eigenvalue weighted by Gasteiger charge is -2.34. The number of aromatic nitrogens is 4. The lowest BCUT2D eigenvalue weighted by molar-refractivity contribution is -0.154. The van der Waals surface area contributed by atoms with E-state index in [1.807, 2.05) is 0 Å². The number of pyridine rings is 1. The van der Waals surface area contributed by atoms with Crippen LogP contribution in [0, 0.1) is 12.7 Å². The van der Waals surface area contributed by atoms with E-state index in [0.717, 1.165) is 18.5 Å². The molecule has 1 amide bonds. The standard InChI is InChI=1S/C21H21F4N5O5S/c1-12-16(17(31)29-20(2)3-7-36(32,33)8-4-20)28-15-9-13(22)14(10-30(12)15)35-19-18(26-5-6-27-19)34-11-21(23,24)25/h5-6,9-10H,3-4,7-8,11H2,1-2H3,(H,29,31). The van der Waals surface area contributed by atoms with Crippen LogP contribution in [0.4, 0.5) is 17.6 Å². The van der Waals surface area contributed by atoms with E-state index in [1.54, 1.807) is 13.8 Å². The minimum absolute atomic E-state index is 0.00471. The maximum atomic E-state index is 14.8. The zero-order valence-electron chi connectivity index (χ0n) is 19.1. The van der Waals surface area contributed by atoms with E-state index in [2.05, 4.69) is 25.0 Å². The van der Waals surface area contributed by atoms with Crippen LogP contribution in [0.5, 0.6) is 17.5 Å². The molecule has 15 heteroatoms. The number of rotatable bonds is 6. The molecule has 0 atom stereocenters. The van der Waals surface area contributed by atoms with Gasteiger partial charge in [0.25, 0.3) is 17.7 Å². The van der Waals surface area contributed by atoms with E-state index in [0.29, 0.717) is 5.69 Å². The number of nitrogens with one attached hydrogen (secondary N) is 1. The molecule has 1 aliphatic rings. The highest BCUT2D eigenvalue weighted by Gasteiger charge is 2.35. The second-order valence-corrected chi connectivity index (χ2v) is 10.9. The molecule has 3 aromatic rings. The number of amides is 1. The summed E-state index contributed by atoms with van der Waals surface area (Å²) in [6.45, 7) is 1.66. The lowest BCUT2D eigenvalue weighted by Crippen LogP contribution is -2.51. The average Bonchev–Trinajstić information content (AvgIpc) is 3.11. The predicted molar refractivity (Wildman–Crippen MR) is 117 cm³/mol. The van der Waals surface area contributed by atoms with Crippen molar-refractivity contribution in [2.75, 3.05) is 18.1 Å². The number of aryl methyl sites for hydroxylation is 1. The Bertz CT molecular complexity index is 1410. The summed E-state index contributed by atoms with van der Waals surface area (Å²) in [6.07, 6.45) is -0.749. The van der Waals surface area contributed by atoms with Crippen LogP contribution >= 0.6 is 0 Å². The molecule has 0 saturated carbocycles. The number of imidazole rings is 1. The Morgan fingerprint density at radius 1 is 1.19 bits per heavy atom. The van der Waals surface area contributed by atoms with E-state index < -0.39 is 57.4 Å². The molecule has 1 fully saturated rings. The third kappa shape index (κ3) is 5.66. The molecule has 4 heterocycles. The summed E-state index contributed by atoms with van der Waals surface area (Å²) in [6, 6.07) is 0.987. The van der Waals surface area contributed by atoms with Crippen LogP contribution in [0.3, 0.4) is 0 Å². The number of hydrogen-bond donors (Lipinski definition) is 1. The third-order valence-electron chi connectivity index (χ3n) is 5.69.